The summed E-state index contributed by atoms with van der Waals surface area (Å²) >= 11 is 0. The number of hydrogen-bond donors (Lipinski definition) is 3. The number of rotatable bonds is 1. The quantitative estimate of drug-likeness (QED) is 0.620. The molecule has 3 heteroatoms. The molecule has 1 unspecified atom stereocenters. The molecule has 3 N–H and O–H groups in total. The Bertz CT molecular complexity index is 349. The lowest BCUT2D eigenvalue weighted by Gasteiger charge is -2.26. The van der Waals surface area contributed by atoms with Crippen LogP contribution in [0.15, 0.2) is 12.1 Å². The third-order valence-electron chi connectivity index (χ3n) is 2.73. The molecular formula is C11H15NO2. The molecule has 0 saturated heterocycles. The van der Waals surface area contributed by atoms with Crippen molar-refractivity contribution in [2.75, 3.05) is 13.2 Å². The topological polar surface area (TPSA) is 52.5 Å². The van der Waals surface area contributed by atoms with Crippen molar-refractivity contribution in [1.82, 2.24) is 5.32 Å². The summed E-state index contributed by atoms with van der Waals surface area (Å²) in [5.74, 6) is 0.361. The molecule has 1 aromatic carbocycles. The second-order valence-electron chi connectivity index (χ2n) is 3.79. The van der Waals surface area contributed by atoms with E-state index in [-0.39, 0.29) is 12.6 Å². The van der Waals surface area contributed by atoms with Gasteiger partial charge in [-0.1, -0.05) is 6.07 Å². The standard InChI is InChI=1S/C11H15NO2/c1-7-4-9-8(11(14)5-7)2-3-12-10(9)6-13/h4-5,10,12-14H,2-3,6H2,1H3. The molecule has 1 aliphatic heterocycles. The molecule has 14 heavy (non-hydrogen) atoms. The van der Waals surface area contributed by atoms with Crippen LogP contribution in [0.3, 0.4) is 0 Å². The van der Waals surface area contributed by atoms with Gasteiger partial charge in [0.15, 0.2) is 0 Å². The molecule has 0 aliphatic carbocycles. The summed E-state index contributed by atoms with van der Waals surface area (Å²) < 4.78 is 0. The molecule has 0 amide bonds. The van der Waals surface area contributed by atoms with Gasteiger partial charge in [0.25, 0.3) is 0 Å². The Morgan fingerprint density at radius 2 is 2.29 bits per heavy atom. The number of aliphatic hydroxyl groups excluding tert-OH is 1. The predicted octanol–water partition coefficient (Wildman–Crippen LogP) is 0.880. The largest absolute Gasteiger partial charge is 0.508 e. The van der Waals surface area contributed by atoms with Gasteiger partial charge in [0.1, 0.15) is 5.75 Å². The fourth-order valence-electron chi connectivity index (χ4n) is 2.05. The highest BCUT2D eigenvalue weighted by atomic mass is 16.3. The van der Waals surface area contributed by atoms with E-state index in [1.54, 1.807) is 6.07 Å². The van der Waals surface area contributed by atoms with Crippen LogP contribution in [0.5, 0.6) is 5.75 Å². The van der Waals surface area contributed by atoms with Crippen LogP contribution < -0.4 is 5.32 Å². The van der Waals surface area contributed by atoms with E-state index in [0.717, 1.165) is 29.7 Å². The molecular weight excluding hydrogens is 178 g/mol. The number of hydrogen-bond acceptors (Lipinski definition) is 3. The van der Waals surface area contributed by atoms with Gasteiger partial charge in [0.2, 0.25) is 0 Å². The lowest BCUT2D eigenvalue weighted by Crippen LogP contribution is -2.32. The van der Waals surface area contributed by atoms with Gasteiger partial charge in [0.05, 0.1) is 12.6 Å². The van der Waals surface area contributed by atoms with Crippen molar-refractivity contribution in [3.8, 4) is 5.75 Å². The first-order chi connectivity index (χ1) is 6.72. The van der Waals surface area contributed by atoms with E-state index in [0.29, 0.717) is 5.75 Å². The van der Waals surface area contributed by atoms with Crippen molar-refractivity contribution in [3.05, 3.63) is 28.8 Å². The van der Waals surface area contributed by atoms with Crippen molar-refractivity contribution in [2.45, 2.75) is 19.4 Å². The lowest BCUT2D eigenvalue weighted by molar-refractivity contribution is 0.239. The first-order valence-electron chi connectivity index (χ1n) is 4.89. The minimum absolute atomic E-state index is 0.0236. The van der Waals surface area contributed by atoms with E-state index in [9.17, 15) is 10.2 Å². The number of nitrogens with one attached hydrogen (secondary N) is 1. The zero-order valence-corrected chi connectivity index (χ0v) is 8.25. The zero-order valence-electron chi connectivity index (χ0n) is 8.25. The van der Waals surface area contributed by atoms with E-state index >= 15 is 0 Å². The number of phenolic OH excluding ortho intramolecular Hbond substituents is 1. The molecule has 0 radical (unpaired) electrons. The van der Waals surface area contributed by atoms with E-state index in [1.807, 2.05) is 13.0 Å². The molecule has 76 valence electrons. The third kappa shape index (κ3) is 1.49. The van der Waals surface area contributed by atoms with Crippen molar-refractivity contribution in [1.29, 1.82) is 0 Å². The number of aryl methyl sites for hydroxylation is 1. The van der Waals surface area contributed by atoms with Gasteiger partial charge >= 0.3 is 0 Å². The SMILES string of the molecule is Cc1cc(O)c2c(c1)C(CO)NCC2. The molecule has 1 aliphatic rings. The Balaban J connectivity index is 2.51. The summed E-state index contributed by atoms with van der Waals surface area (Å²) in [6, 6.07) is 3.78. The molecule has 1 atom stereocenters. The van der Waals surface area contributed by atoms with E-state index in [2.05, 4.69) is 5.32 Å². The highest BCUT2D eigenvalue weighted by Gasteiger charge is 2.21. The molecule has 0 spiro atoms. The minimum atomic E-state index is -0.0236. The van der Waals surface area contributed by atoms with Gasteiger partial charge in [0, 0.05) is 0 Å². The summed E-state index contributed by atoms with van der Waals surface area (Å²) in [5.41, 5.74) is 3.05. The Kier molecular flexibility index (Phi) is 2.44. The number of fused-ring (bicyclic) bond motifs is 1. The normalized spacial score (nSPS) is 20.6. The molecule has 2 rings (SSSR count). The minimum Gasteiger partial charge on any atom is -0.508 e. The maximum atomic E-state index is 9.74. The smallest absolute Gasteiger partial charge is 0.119 e. The van der Waals surface area contributed by atoms with E-state index in [4.69, 9.17) is 0 Å². The van der Waals surface area contributed by atoms with Crippen LogP contribution in [0.2, 0.25) is 0 Å². The molecule has 1 aromatic rings. The zero-order chi connectivity index (χ0) is 10.1. The lowest BCUT2D eigenvalue weighted by atomic mass is 9.92. The summed E-state index contributed by atoms with van der Waals surface area (Å²) in [6.45, 7) is 2.84. The Labute approximate surface area is 83.4 Å². The fraction of sp³-hybridized carbons (Fsp3) is 0.455. The van der Waals surface area contributed by atoms with Crippen LogP contribution >= 0.6 is 0 Å². The van der Waals surface area contributed by atoms with Gasteiger partial charge in [-0.25, -0.2) is 0 Å². The van der Waals surface area contributed by atoms with Crippen LogP contribution in [-0.4, -0.2) is 23.4 Å². The van der Waals surface area contributed by atoms with Crippen molar-refractivity contribution < 1.29 is 10.2 Å². The monoisotopic (exact) mass is 193 g/mol. The Morgan fingerprint density at radius 1 is 1.50 bits per heavy atom. The molecule has 0 saturated carbocycles. The molecule has 0 aromatic heterocycles. The summed E-state index contributed by atoms with van der Waals surface area (Å²) in [4.78, 5) is 0. The Hall–Kier alpha value is -1.06. The first-order valence-corrected chi connectivity index (χ1v) is 4.89. The van der Waals surface area contributed by atoms with Gasteiger partial charge in [-0.05, 0) is 42.6 Å². The number of benzene rings is 1. The maximum absolute atomic E-state index is 9.74. The summed E-state index contributed by atoms with van der Waals surface area (Å²) in [6.07, 6.45) is 0.831. The van der Waals surface area contributed by atoms with Crippen molar-refractivity contribution in [2.24, 2.45) is 0 Å². The number of phenols is 1. The van der Waals surface area contributed by atoms with Crippen LogP contribution in [0, 0.1) is 6.92 Å². The van der Waals surface area contributed by atoms with Crippen molar-refractivity contribution in [3.63, 3.8) is 0 Å². The van der Waals surface area contributed by atoms with Crippen LogP contribution in [0.25, 0.3) is 0 Å². The number of aliphatic hydroxyl groups is 1. The van der Waals surface area contributed by atoms with Gasteiger partial charge in [-0.3, -0.25) is 0 Å². The second kappa shape index (κ2) is 3.59. The van der Waals surface area contributed by atoms with Crippen LogP contribution in [-0.2, 0) is 6.42 Å². The highest BCUT2D eigenvalue weighted by Crippen LogP contribution is 2.30. The molecule has 3 nitrogen and oxygen atoms in total. The van der Waals surface area contributed by atoms with Gasteiger partial charge in [-0.15, -0.1) is 0 Å². The van der Waals surface area contributed by atoms with Gasteiger partial charge in [-0.2, -0.15) is 0 Å². The second-order valence-corrected chi connectivity index (χ2v) is 3.79. The third-order valence-corrected chi connectivity index (χ3v) is 2.73. The average molecular weight is 193 g/mol. The molecule has 1 heterocycles. The summed E-state index contributed by atoms with van der Waals surface area (Å²) in [5, 5.41) is 22.1. The van der Waals surface area contributed by atoms with E-state index < -0.39 is 0 Å². The molecule has 0 bridgehead atoms. The van der Waals surface area contributed by atoms with Crippen molar-refractivity contribution >= 4 is 0 Å². The van der Waals surface area contributed by atoms with Gasteiger partial charge < -0.3 is 15.5 Å². The predicted molar refractivity (Wildman–Crippen MR) is 54.4 cm³/mol. The van der Waals surface area contributed by atoms with E-state index in [1.165, 1.54) is 0 Å². The Morgan fingerprint density at radius 3 is 3.00 bits per heavy atom. The first kappa shape index (κ1) is 9.49. The fourth-order valence-corrected chi connectivity index (χ4v) is 2.05. The highest BCUT2D eigenvalue weighted by molar-refractivity contribution is 5.45. The van der Waals surface area contributed by atoms with Crippen LogP contribution in [0.4, 0.5) is 0 Å². The molecule has 0 fully saturated rings. The average Bonchev–Trinajstić information content (AvgIpc) is 2.17. The summed E-state index contributed by atoms with van der Waals surface area (Å²) in [7, 11) is 0. The maximum Gasteiger partial charge on any atom is 0.119 e. The van der Waals surface area contributed by atoms with Crippen LogP contribution in [0.1, 0.15) is 22.7 Å². The number of aromatic hydroxyl groups is 1.